The number of nitrogens with one attached hydrogen (secondary N) is 1. The van der Waals surface area contributed by atoms with E-state index < -0.39 is 17.8 Å². The minimum Gasteiger partial charge on any atom is -0.489 e. The first kappa shape index (κ1) is 21.1. The Morgan fingerprint density at radius 1 is 1.17 bits per heavy atom. The highest BCUT2D eigenvalue weighted by atomic mass is 79.9. The summed E-state index contributed by atoms with van der Waals surface area (Å²) >= 11 is 9.58. The van der Waals surface area contributed by atoms with Crippen LogP contribution in [0.2, 0.25) is 5.02 Å². The Labute approximate surface area is 181 Å². The van der Waals surface area contributed by atoms with E-state index in [9.17, 15) is 14.4 Å². The Bertz CT molecular complexity index is 1000. The van der Waals surface area contributed by atoms with Gasteiger partial charge in [0.15, 0.2) is 0 Å². The van der Waals surface area contributed by atoms with Gasteiger partial charge in [-0.1, -0.05) is 40.5 Å². The molecule has 1 fully saturated rings. The summed E-state index contributed by atoms with van der Waals surface area (Å²) in [5, 5.41) is 2.56. The van der Waals surface area contributed by atoms with Crippen molar-refractivity contribution < 1.29 is 19.1 Å². The van der Waals surface area contributed by atoms with E-state index in [4.69, 9.17) is 16.3 Å². The first-order valence-electron chi connectivity index (χ1n) is 8.93. The summed E-state index contributed by atoms with van der Waals surface area (Å²) in [5.41, 5.74) is 0.721. The van der Waals surface area contributed by atoms with E-state index in [-0.39, 0.29) is 11.7 Å². The van der Waals surface area contributed by atoms with Gasteiger partial charge in [0.25, 0.3) is 11.8 Å². The molecule has 0 bridgehead atoms. The number of rotatable bonds is 5. The van der Waals surface area contributed by atoms with Gasteiger partial charge in [0.05, 0.1) is 16.8 Å². The molecule has 2 aromatic rings. The number of hydrogen-bond acceptors (Lipinski definition) is 4. The number of urea groups is 1. The molecule has 1 saturated heterocycles. The largest absolute Gasteiger partial charge is 0.489 e. The Balaban J connectivity index is 1.92. The zero-order chi connectivity index (χ0) is 21.1. The number of anilines is 1. The molecule has 0 aliphatic carbocycles. The van der Waals surface area contributed by atoms with E-state index in [1.807, 2.05) is 13.8 Å². The second-order valence-electron chi connectivity index (χ2n) is 6.46. The fraction of sp³-hybridized carbons (Fsp3) is 0.190. The Morgan fingerprint density at radius 2 is 1.86 bits per heavy atom. The van der Waals surface area contributed by atoms with Crippen LogP contribution in [0.4, 0.5) is 10.5 Å². The van der Waals surface area contributed by atoms with Gasteiger partial charge in [-0.05, 0) is 61.4 Å². The number of nitrogens with zero attached hydrogens (tertiary/aromatic N) is 1. The maximum Gasteiger partial charge on any atom is 0.335 e. The lowest BCUT2D eigenvalue weighted by Crippen LogP contribution is -2.54. The number of barbiturate groups is 1. The molecule has 1 heterocycles. The molecule has 1 N–H and O–H groups in total. The second-order valence-corrected chi connectivity index (χ2v) is 7.78. The van der Waals surface area contributed by atoms with Crippen LogP contribution in [0.3, 0.4) is 0 Å². The van der Waals surface area contributed by atoms with Crippen LogP contribution in [0.15, 0.2) is 52.5 Å². The van der Waals surface area contributed by atoms with Crippen molar-refractivity contribution in [1.82, 2.24) is 5.32 Å². The summed E-state index contributed by atoms with van der Waals surface area (Å²) in [6.45, 7) is 3.94. The molecule has 0 unspecified atom stereocenters. The van der Waals surface area contributed by atoms with Crippen LogP contribution in [-0.2, 0) is 9.59 Å². The zero-order valence-electron chi connectivity index (χ0n) is 15.7. The standard InChI is InChI=1S/C21H18BrClN2O4/c1-3-12(2)29-18-9-4-13(11-17(18)23)10-16-19(26)24-21(28)25(20(16)27)15-7-5-14(22)6-8-15/h4-12H,3H2,1-2H3,(H,24,26,28)/b16-10-/t12-/m0/s1. The van der Waals surface area contributed by atoms with Crippen molar-refractivity contribution in [3.05, 3.63) is 63.1 Å². The average molecular weight is 478 g/mol. The minimum atomic E-state index is -0.796. The number of benzene rings is 2. The molecule has 0 radical (unpaired) electrons. The second kappa shape index (κ2) is 8.80. The molecule has 3 rings (SSSR count). The van der Waals surface area contributed by atoms with Gasteiger partial charge in [-0.25, -0.2) is 9.69 Å². The number of carbonyl (C=O) groups excluding carboxylic acids is 3. The Kier molecular flexibility index (Phi) is 6.39. The SMILES string of the molecule is CC[C@H](C)Oc1ccc(/C=C2/C(=O)NC(=O)N(c3ccc(Br)cc3)C2=O)cc1Cl. The first-order chi connectivity index (χ1) is 13.8. The normalized spacial score (nSPS) is 16.8. The molecule has 6 nitrogen and oxygen atoms in total. The Morgan fingerprint density at radius 3 is 2.48 bits per heavy atom. The average Bonchev–Trinajstić information content (AvgIpc) is 2.68. The monoisotopic (exact) mass is 476 g/mol. The van der Waals surface area contributed by atoms with Crippen LogP contribution >= 0.6 is 27.5 Å². The van der Waals surface area contributed by atoms with Crippen molar-refractivity contribution >= 4 is 57.1 Å². The highest BCUT2D eigenvalue weighted by Gasteiger charge is 2.36. The van der Waals surface area contributed by atoms with Crippen LogP contribution < -0.4 is 15.0 Å². The highest BCUT2D eigenvalue weighted by Crippen LogP contribution is 2.29. The van der Waals surface area contributed by atoms with Crippen LogP contribution in [-0.4, -0.2) is 23.9 Å². The molecule has 4 amide bonds. The van der Waals surface area contributed by atoms with Crippen LogP contribution in [0, 0.1) is 0 Å². The third-order valence-corrected chi connectivity index (χ3v) is 5.18. The molecule has 8 heteroatoms. The van der Waals surface area contributed by atoms with Crippen molar-refractivity contribution in [3.63, 3.8) is 0 Å². The third kappa shape index (κ3) is 4.68. The van der Waals surface area contributed by atoms with Gasteiger partial charge in [-0.3, -0.25) is 14.9 Å². The number of carbonyl (C=O) groups is 3. The topological polar surface area (TPSA) is 75.7 Å². The van der Waals surface area contributed by atoms with Crippen molar-refractivity contribution in [3.8, 4) is 5.75 Å². The van der Waals surface area contributed by atoms with Crippen LogP contribution in [0.5, 0.6) is 5.75 Å². The zero-order valence-corrected chi connectivity index (χ0v) is 18.1. The predicted octanol–water partition coefficient (Wildman–Crippen LogP) is 4.95. The molecular formula is C21H18BrClN2O4. The molecule has 1 atom stereocenters. The summed E-state index contributed by atoms with van der Waals surface area (Å²) in [5.74, 6) is -0.948. The molecule has 0 saturated carbocycles. The lowest BCUT2D eigenvalue weighted by atomic mass is 10.1. The van der Waals surface area contributed by atoms with Gasteiger partial charge in [0.2, 0.25) is 0 Å². The smallest absolute Gasteiger partial charge is 0.335 e. The first-order valence-corrected chi connectivity index (χ1v) is 10.1. The van der Waals surface area contributed by atoms with E-state index in [2.05, 4.69) is 21.2 Å². The number of hydrogen-bond donors (Lipinski definition) is 1. The van der Waals surface area contributed by atoms with Crippen molar-refractivity contribution in [1.29, 1.82) is 0 Å². The van der Waals surface area contributed by atoms with Crippen LogP contribution in [0.1, 0.15) is 25.8 Å². The number of imide groups is 2. The van der Waals surface area contributed by atoms with Gasteiger partial charge in [-0.15, -0.1) is 0 Å². The van der Waals surface area contributed by atoms with E-state index in [0.29, 0.717) is 22.0 Å². The fourth-order valence-electron chi connectivity index (χ4n) is 2.65. The van der Waals surface area contributed by atoms with Crippen molar-refractivity contribution in [2.45, 2.75) is 26.4 Å². The van der Waals surface area contributed by atoms with Crippen molar-refractivity contribution in [2.75, 3.05) is 4.90 Å². The van der Waals surface area contributed by atoms with Crippen molar-refractivity contribution in [2.24, 2.45) is 0 Å². The van der Waals surface area contributed by atoms with Gasteiger partial charge in [-0.2, -0.15) is 0 Å². The van der Waals surface area contributed by atoms with E-state index >= 15 is 0 Å². The molecular weight excluding hydrogens is 460 g/mol. The number of ether oxygens (including phenoxy) is 1. The lowest BCUT2D eigenvalue weighted by Gasteiger charge is -2.26. The summed E-state index contributed by atoms with van der Waals surface area (Å²) < 4.78 is 6.52. The van der Waals surface area contributed by atoms with Gasteiger partial charge < -0.3 is 4.74 Å². The maximum atomic E-state index is 12.9. The van der Waals surface area contributed by atoms with E-state index in [0.717, 1.165) is 15.8 Å². The molecule has 1 aliphatic heterocycles. The molecule has 150 valence electrons. The van der Waals surface area contributed by atoms with Gasteiger partial charge in [0.1, 0.15) is 11.3 Å². The lowest BCUT2D eigenvalue weighted by molar-refractivity contribution is -0.122. The highest BCUT2D eigenvalue weighted by molar-refractivity contribution is 9.10. The molecule has 0 aromatic heterocycles. The number of amides is 4. The summed E-state index contributed by atoms with van der Waals surface area (Å²) in [4.78, 5) is 38.3. The maximum absolute atomic E-state index is 12.9. The predicted molar refractivity (Wildman–Crippen MR) is 115 cm³/mol. The minimum absolute atomic E-state index is 0.00730. The van der Waals surface area contributed by atoms with E-state index in [1.165, 1.54) is 6.08 Å². The quantitative estimate of drug-likeness (QED) is 0.488. The molecule has 0 spiro atoms. The molecule has 1 aliphatic rings. The summed E-state index contributed by atoms with van der Waals surface area (Å²) in [7, 11) is 0. The Hall–Kier alpha value is -2.64. The van der Waals surface area contributed by atoms with Gasteiger partial charge in [0, 0.05) is 4.47 Å². The fourth-order valence-corrected chi connectivity index (χ4v) is 3.15. The third-order valence-electron chi connectivity index (χ3n) is 4.36. The van der Waals surface area contributed by atoms with Gasteiger partial charge >= 0.3 is 6.03 Å². The summed E-state index contributed by atoms with van der Waals surface area (Å²) in [6.07, 6.45) is 2.24. The van der Waals surface area contributed by atoms with Crippen LogP contribution in [0.25, 0.3) is 6.08 Å². The molecule has 2 aromatic carbocycles. The van der Waals surface area contributed by atoms with E-state index in [1.54, 1.807) is 42.5 Å². The number of halogens is 2. The molecule has 29 heavy (non-hydrogen) atoms. The summed E-state index contributed by atoms with van der Waals surface area (Å²) in [6, 6.07) is 10.8.